The molecule has 29 heavy (non-hydrogen) atoms. The summed E-state index contributed by atoms with van der Waals surface area (Å²) in [7, 11) is 0. The van der Waals surface area contributed by atoms with Gasteiger partial charge >= 0.3 is 0 Å². The molecule has 3 aromatic carbocycles. The first kappa shape index (κ1) is 18.9. The lowest BCUT2D eigenvalue weighted by atomic mass is 10.2. The number of thioether (sulfide) groups is 1. The molecule has 0 aliphatic rings. The van der Waals surface area contributed by atoms with Crippen molar-refractivity contribution >= 4 is 29.0 Å². The molecule has 0 saturated heterocycles. The van der Waals surface area contributed by atoms with E-state index in [1.807, 2.05) is 91.9 Å². The highest BCUT2D eigenvalue weighted by Crippen LogP contribution is 2.27. The van der Waals surface area contributed by atoms with Gasteiger partial charge in [0.1, 0.15) is 0 Å². The molecule has 0 fully saturated rings. The molecular weight excluding hydrogens is 382 g/mol. The Bertz CT molecular complexity index is 1060. The van der Waals surface area contributed by atoms with Crippen LogP contribution in [0, 0.1) is 6.92 Å². The third-order valence-corrected chi connectivity index (χ3v) is 5.29. The number of benzene rings is 3. The molecule has 0 unspecified atom stereocenters. The third kappa shape index (κ3) is 4.20. The van der Waals surface area contributed by atoms with E-state index in [0.29, 0.717) is 5.16 Å². The van der Waals surface area contributed by atoms with Crippen molar-refractivity contribution in [3.8, 4) is 5.69 Å². The molecule has 1 heterocycles. The number of tetrazole rings is 1. The fourth-order valence-corrected chi connectivity index (χ4v) is 3.74. The molecule has 1 amide bonds. The average molecular weight is 401 g/mol. The summed E-state index contributed by atoms with van der Waals surface area (Å²) in [5.74, 6) is 0.155. The number of para-hydroxylation sites is 3. The van der Waals surface area contributed by atoms with E-state index in [4.69, 9.17) is 0 Å². The molecule has 0 spiro atoms. The van der Waals surface area contributed by atoms with Crippen molar-refractivity contribution in [3.05, 3.63) is 90.5 Å². The average Bonchev–Trinajstić information content (AvgIpc) is 3.23. The van der Waals surface area contributed by atoms with Crippen LogP contribution in [0.15, 0.2) is 90.1 Å². The molecule has 0 aliphatic carbocycles. The molecule has 6 nitrogen and oxygen atoms in total. The first-order valence-electron chi connectivity index (χ1n) is 9.14. The van der Waals surface area contributed by atoms with E-state index in [1.165, 1.54) is 11.8 Å². The first-order chi connectivity index (χ1) is 14.2. The summed E-state index contributed by atoms with van der Waals surface area (Å²) in [5, 5.41) is 12.6. The highest BCUT2D eigenvalue weighted by molar-refractivity contribution is 7.99. The fraction of sp³-hybridized carbons (Fsp3) is 0.0909. The minimum absolute atomic E-state index is 0.0493. The Labute approximate surface area is 173 Å². The van der Waals surface area contributed by atoms with Gasteiger partial charge in [-0.3, -0.25) is 9.69 Å². The van der Waals surface area contributed by atoms with Crippen LogP contribution in [0.1, 0.15) is 5.56 Å². The van der Waals surface area contributed by atoms with Crippen LogP contribution in [0.2, 0.25) is 0 Å². The van der Waals surface area contributed by atoms with Crippen LogP contribution in [0.5, 0.6) is 0 Å². The van der Waals surface area contributed by atoms with E-state index in [0.717, 1.165) is 22.6 Å². The number of amides is 1. The molecule has 144 valence electrons. The number of rotatable bonds is 6. The number of nitrogens with zero attached hydrogens (tertiary/aromatic N) is 5. The van der Waals surface area contributed by atoms with Crippen LogP contribution in [0.3, 0.4) is 0 Å². The lowest BCUT2D eigenvalue weighted by Gasteiger charge is -2.22. The number of hydrogen-bond donors (Lipinski definition) is 0. The van der Waals surface area contributed by atoms with E-state index < -0.39 is 0 Å². The molecule has 4 rings (SSSR count). The van der Waals surface area contributed by atoms with E-state index in [9.17, 15) is 4.79 Å². The normalized spacial score (nSPS) is 10.7. The van der Waals surface area contributed by atoms with Crippen LogP contribution in [-0.2, 0) is 4.79 Å². The predicted molar refractivity (Wildman–Crippen MR) is 115 cm³/mol. The Morgan fingerprint density at radius 1 is 0.897 bits per heavy atom. The quantitative estimate of drug-likeness (QED) is 0.447. The SMILES string of the molecule is Cc1ccccc1-n1nnnc1SCC(=O)N(c1ccccc1)c1ccccc1. The molecule has 0 saturated carbocycles. The van der Waals surface area contributed by atoms with Crippen molar-refractivity contribution in [2.75, 3.05) is 10.7 Å². The van der Waals surface area contributed by atoms with Crippen molar-refractivity contribution in [1.29, 1.82) is 0 Å². The number of aryl methyl sites for hydroxylation is 1. The van der Waals surface area contributed by atoms with Gasteiger partial charge in [0, 0.05) is 11.4 Å². The topological polar surface area (TPSA) is 63.9 Å². The van der Waals surface area contributed by atoms with Crippen molar-refractivity contribution in [2.45, 2.75) is 12.1 Å². The van der Waals surface area contributed by atoms with E-state index in [1.54, 1.807) is 9.58 Å². The van der Waals surface area contributed by atoms with Crippen LogP contribution >= 0.6 is 11.8 Å². The summed E-state index contributed by atoms with van der Waals surface area (Å²) in [6.07, 6.45) is 0. The lowest BCUT2D eigenvalue weighted by Crippen LogP contribution is -2.27. The highest BCUT2D eigenvalue weighted by atomic mass is 32.2. The summed E-state index contributed by atoms with van der Waals surface area (Å²) < 4.78 is 1.67. The molecule has 0 aliphatic heterocycles. The standard InChI is InChI=1S/C22H19N5OS/c1-17-10-8-9-15-20(17)27-22(23-24-25-27)29-16-21(28)26(18-11-4-2-5-12-18)19-13-6-3-7-14-19/h2-15H,16H2,1H3. The summed E-state index contributed by atoms with van der Waals surface area (Å²) in [6, 6.07) is 27.1. The summed E-state index contributed by atoms with van der Waals surface area (Å²) >= 11 is 1.32. The summed E-state index contributed by atoms with van der Waals surface area (Å²) in [5.41, 5.74) is 3.60. The van der Waals surface area contributed by atoms with E-state index in [2.05, 4.69) is 15.5 Å². The fourth-order valence-electron chi connectivity index (χ4n) is 3.00. The van der Waals surface area contributed by atoms with Gasteiger partial charge in [0.25, 0.3) is 0 Å². The van der Waals surface area contributed by atoms with Crippen LogP contribution in [0.4, 0.5) is 11.4 Å². The zero-order chi connectivity index (χ0) is 20.1. The van der Waals surface area contributed by atoms with Crippen molar-refractivity contribution < 1.29 is 4.79 Å². The molecule has 7 heteroatoms. The van der Waals surface area contributed by atoms with E-state index >= 15 is 0 Å². The number of hydrogen-bond acceptors (Lipinski definition) is 5. The van der Waals surface area contributed by atoms with Crippen molar-refractivity contribution in [3.63, 3.8) is 0 Å². The number of anilines is 2. The van der Waals surface area contributed by atoms with Crippen LogP contribution < -0.4 is 4.90 Å². The van der Waals surface area contributed by atoms with Gasteiger partial charge in [-0.05, 0) is 53.2 Å². The Hall–Kier alpha value is -3.45. The van der Waals surface area contributed by atoms with Crippen molar-refractivity contribution in [2.24, 2.45) is 0 Å². The Morgan fingerprint density at radius 3 is 2.10 bits per heavy atom. The maximum Gasteiger partial charge on any atom is 0.242 e. The molecule has 0 bridgehead atoms. The first-order valence-corrected chi connectivity index (χ1v) is 10.1. The van der Waals surface area contributed by atoms with Gasteiger partial charge < -0.3 is 0 Å². The van der Waals surface area contributed by atoms with Gasteiger partial charge in [-0.25, -0.2) is 0 Å². The second kappa shape index (κ2) is 8.70. The monoisotopic (exact) mass is 401 g/mol. The second-order valence-electron chi connectivity index (χ2n) is 6.35. The number of carbonyl (C=O) groups excluding carboxylic acids is 1. The summed E-state index contributed by atoms with van der Waals surface area (Å²) in [4.78, 5) is 14.9. The van der Waals surface area contributed by atoms with Crippen LogP contribution in [0.25, 0.3) is 5.69 Å². The van der Waals surface area contributed by atoms with Gasteiger partial charge in [-0.2, -0.15) is 4.68 Å². The van der Waals surface area contributed by atoms with Gasteiger partial charge in [0.05, 0.1) is 11.4 Å². The smallest absolute Gasteiger partial charge is 0.242 e. The van der Waals surface area contributed by atoms with Crippen LogP contribution in [-0.4, -0.2) is 31.9 Å². The minimum atomic E-state index is -0.0493. The Kier molecular flexibility index (Phi) is 5.67. The Morgan fingerprint density at radius 2 is 1.48 bits per heavy atom. The van der Waals surface area contributed by atoms with Crippen molar-refractivity contribution in [1.82, 2.24) is 20.2 Å². The molecule has 0 radical (unpaired) electrons. The maximum atomic E-state index is 13.2. The zero-order valence-electron chi connectivity index (χ0n) is 15.8. The zero-order valence-corrected chi connectivity index (χ0v) is 16.7. The number of aromatic nitrogens is 4. The van der Waals surface area contributed by atoms with Gasteiger partial charge in [0.2, 0.25) is 11.1 Å². The molecule has 0 atom stereocenters. The molecule has 1 aromatic heterocycles. The minimum Gasteiger partial charge on any atom is -0.280 e. The van der Waals surface area contributed by atoms with E-state index in [-0.39, 0.29) is 11.7 Å². The molecular formula is C22H19N5OS. The molecule has 0 N–H and O–H groups in total. The highest BCUT2D eigenvalue weighted by Gasteiger charge is 2.20. The van der Waals surface area contributed by atoms with Gasteiger partial charge in [-0.1, -0.05) is 66.4 Å². The predicted octanol–water partition coefficient (Wildman–Crippen LogP) is 4.43. The number of carbonyl (C=O) groups is 1. The lowest BCUT2D eigenvalue weighted by molar-refractivity contribution is -0.115. The second-order valence-corrected chi connectivity index (χ2v) is 7.29. The molecule has 4 aromatic rings. The van der Waals surface area contributed by atoms with Gasteiger partial charge in [0.15, 0.2) is 0 Å². The third-order valence-electron chi connectivity index (χ3n) is 4.39. The maximum absolute atomic E-state index is 13.2. The Balaban J connectivity index is 1.57. The van der Waals surface area contributed by atoms with Gasteiger partial charge in [-0.15, -0.1) is 5.10 Å². The summed E-state index contributed by atoms with van der Waals surface area (Å²) in [6.45, 7) is 2.00. The largest absolute Gasteiger partial charge is 0.280 e.